The number of phenolic OH excluding ortho intramolecular Hbond substituents is 2. The van der Waals surface area contributed by atoms with Crippen molar-refractivity contribution in [3.05, 3.63) is 65.2 Å². The highest BCUT2D eigenvalue weighted by Gasteiger charge is 2.48. The molecule has 0 spiro atoms. The first-order chi connectivity index (χ1) is 20.3. The molecule has 5 rings (SSSR count). The lowest BCUT2D eigenvalue weighted by atomic mass is 9.84. The lowest BCUT2D eigenvalue weighted by Crippen LogP contribution is -2.29. The predicted molar refractivity (Wildman–Crippen MR) is 150 cm³/mol. The van der Waals surface area contributed by atoms with Crippen LogP contribution in [-0.2, 0) is 9.47 Å². The Hall–Kier alpha value is -3.90. The molecule has 3 aromatic rings. The second kappa shape index (κ2) is 12.5. The molecular formula is C31H36O11. The van der Waals surface area contributed by atoms with E-state index in [2.05, 4.69) is 0 Å². The highest BCUT2D eigenvalue weighted by atomic mass is 16.6. The summed E-state index contributed by atoms with van der Waals surface area (Å²) in [5.41, 5.74) is 2.09. The molecule has 4 N–H and O–H groups in total. The van der Waals surface area contributed by atoms with Crippen molar-refractivity contribution in [2.24, 2.45) is 11.8 Å². The zero-order chi connectivity index (χ0) is 30.0. The van der Waals surface area contributed by atoms with Crippen LogP contribution >= 0.6 is 0 Å². The topological polar surface area (TPSA) is 146 Å². The maximum absolute atomic E-state index is 11.0. The van der Waals surface area contributed by atoms with Crippen LogP contribution in [0.3, 0.4) is 0 Å². The van der Waals surface area contributed by atoms with Crippen molar-refractivity contribution in [2.45, 2.75) is 24.4 Å². The Kier molecular flexibility index (Phi) is 8.83. The molecule has 0 radical (unpaired) electrons. The zero-order valence-electron chi connectivity index (χ0n) is 23.9. The van der Waals surface area contributed by atoms with Crippen molar-refractivity contribution in [3.63, 3.8) is 0 Å². The summed E-state index contributed by atoms with van der Waals surface area (Å²) in [6, 6.07) is 13.2. The molecule has 2 aliphatic rings. The van der Waals surface area contributed by atoms with Gasteiger partial charge in [-0.15, -0.1) is 0 Å². The van der Waals surface area contributed by atoms with E-state index in [9.17, 15) is 20.4 Å². The van der Waals surface area contributed by atoms with Crippen LogP contribution in [0.25, 0.3) is 0 Å². The van der Waals surface area contributed by atoms with Gasteiger partial charge in [0.15, 0.2) is 40.6 Å². The molecule has 226 valence electrons. The Morgan fingerprint density at radius 3 is 1.76 bits per heavy atom. The van der Waals surface area contributed by atoms with E-state index in [0.29, 0.717) is 36.0 Å². The fourth-order valence-electron chi connectivity index (χ4n) is 5.73. The number of phenols is 2. The van der Waals surface area contributed by atoms with Crippen LogP contribution in [0.1, 0.15) is 35.0 Å². The molecule has 2 saturated heterocycles. The fraction of sp³-hybridized carbons (Fsp3) is 0.419. The van der Waals surface area contributed by atoms with Crippen LogP contribution in [0.4, 0.5) is 0 Å². The number of hydrogen-bond acceptors (Lipinski definition) is 11. The average Bonchev–Trinajstić information content (AvgIpc) is 3.62. The Morgan fingerprint density at radius 2 is 1.21 bits per heavy atom. The lowest BCUT2D eigenvalue weighted by molar-refractivity contribution is -0.00197. The van der Waals surface area contributed by atoms with Crippen LogP contribution in [0.5, 0.6) is 40.2 Å². The number of aliphatic hydroxyl groups is 2. The number of ether oxygens (including phenoxy) is 7. The molecule has 6 atom stereocenters. The molecule has 0 amide bonds. The molecule has 11 nitrogen and oxygen atoms in total. The van der Waals surface area contributed by atoms with Crippen LogP contribution in [0.15, 0.2) is 48.5 Å². The first kappa shape index (κ1) is 29.6. The van der Waals surface area contributed by atoms with E-state index >= 15 is 0 Å². The van der Waals surface area contributed by atoms with Gasteiger partial charge >= 0.3 is 0 Å². The smallest absolute Gasteiger partial charge is 0.204 e. The summed E-state index contributed by atoms with van der Waals surface area (Å²) >= 11 is 0. The minimum Gasteiger partial charge on any atom is -0.504 e. The maximum Gasteiger partial charge on any atom is 0.204 e. The Labute approximate surface area is 243 Å². The number of hydrogen-bond donors (Lipinski definition) is 4. The molecule has 2 heterocycles. The predicted octanol–water partition coefficient (Wildman–Crippen LogP) is 3.68. The van der Waals surface area contributed by atoms with Gasteiger partial charge in [0.1, 0.15) is 6.10 Å². The van der Waals surface area contributed by atoms with E-state index < -0.39 is 18.8 Å². The van der Waals surface area contributed by atoms with Crippen molar-refractivity contribution in [3.8, 4) is 40.2 Å². The van der Waals surface area contributed by atoms with E-state index in [-0.39, 0.29) is 47.0 Å². The quantitative estimate of drug-likeness (QED) is 0.262. The summed E-state index contributed by atoms with van der Waals surface area (Å²) in [6.45, 7) is 0.427. The van der Waals surface area contributed by atoms with Crippen LogP contribution in [0, 0.1) is 11.8 Å². The van der Waals surface area contributed by atoms with Crippen molar-refractivity contribution in [1.29, 1.82) is 0 Å². The number of aliphatic hydroxyl groups excluding tert-OH is 2. The Balaban J connectivity index is 1.39. The van der Waals surface area contributed by atoms with E-state index in [0.717, 1.165) is 11.1 Å². The summed E-state index contributed by atoms with van der Waals surface area (Å²) in [4.78, 5) is 0. The minimum atomic E-state index is -1.26. The van der Waals surface area contributed by atoms with Gasteiger partial charge in [0.05, 0.1) is 60.5 Å². The third kappa shape index (κ3) is 5.48. The third-order valence-corrected chi connectivity index (χ3v) is 7.95. The first-order valence-electron chi connectivity index (χ1n) is 13.5. The molecule has 2 fully saturated rings. The molecule has 42 heavy (non-hydrogen) atoms. The molecular weight excluding hydrogens is 548 g/mol. The Bertz CT molecular complexity index is 1370. The van der Waals surface area contributed by atoms with Gasteiger partial charge in [0.2, 0.25) is 5.75 Å². The number of benzene rings is 3. The average molecular weight is 585 g/mol. The molecule has 0 saturated carbocycles. The van der Waals surface area contributed by atoms with Crippen molar-refractivity contribution in [1.82, 2.24) is 0 Å². The maximum atomic E-state index is 11.0. The van der Waals surface area contributed by atoms with Crippen LogP contribution in [0.2, 0.25) is 0 Å². The molecule has 0 bridgehead atoms. The second-order valence-corrected chi connectivity index (χ2v) is 10.2. The van der Waals surface area contributed by atoms with Gasteiger partial charge in [-0.1, -0.05) is 12.1 Å². The Morgan fingerprint density at radius 1 is 0.714 bits per heavy atom. The molecule has 11 heteroatoms. The monoisotopic (exact) mass is 584 g/mol. The number of fused-ring (bicyclic) bond motifs is 1. The highest BCUT2D eigenvalue weighted by molar-refractivity contribution is 5.55. The van der Waals surface area contributed by atoms with Crippen LogP contribution in [-0.4, -0.2) is 74.8 Å². The highest BCUT2D eigenvalue weighted by Crippen LogP contribution is 2.53. The minimum absolute atomic E-state index is 0.0486. The van der Waals surface area contributed by atoms with Gasteiger partial charge in [0, 0.05) is 11.8 Å². The summed E-state index contributed by atoms with van der Waals surface area (Å²) in [5.74, 6) is 1.56. The van der Waals surface area contributed by atoms with Gasteiger partial charge in [-0.25, -0.2) is 0 Å². The summed E-state index contributed by atoms with van der Waals surface area (Å²) in [6.07, 6.45) is -2.87. The van der Waals surface area contributed by atoms with Crippen molar-refractivity contribution >= 4 is 0 Å². The second-order valence-electron chi connectivity index (χ2n) is 10.2. The van der Waals surface area contributed by atoms with Gasteiger partial charge in [0.25, 0.3) is 0 Å². The van der Waals surface area contributed by atoms with E-state index in [1.54, 1.807) is 24.3 Å². The van der Waals surface area contributed by atoms with Crippen LogP contribution < -0.4 is 23.7 Å². The summed E-state index contributed by atoms with van der Waals surface area (Å²) in [7, 11) is 5.90. The summed E-state index contributed by atoms with van der Waals surface area (Å²) in [5, 5.41) is 41.0. The van der Waals surface area contributed by atoms with E-state index in [1.165, 1.54) is 46.6 Å². The van der Waals surface area contributed by atoms with Gasteiger partial charge in [-0.05, 0) is 53.1 Å². The lowest BCUT2D eigenvalue weighted by Gasteiger charge is -2.26. The van der Waals surface area contributed by atoms with Crippen molar-refractivity contribution < 1.29 is 53.6 Å². The van der Waals surface area contributed by atoms with E-state index in [1.807, 2.05) is 6.07 Å². The largest absolute Gasteiger partial charge is 0.504 e. The molecule has 0 unspecified atom stereocenters. The molecule has 0 aromatic heterocycles. The zero-order valence-corrected chi connectivity index (χ0v) is 23.9. The van der Waals surface area contributed by atoms with Crippen molar-refractivity contribution in [2.75, 3.05) is 48.3 Å². The number of rotatable bonds is 11. The van der Waals surface area contributed by atoms with Gasteiger partial charge < -0.3 is 53.6 Å². The number of aromatic hydroxyl groups is 2. The van der Waals surface area contributed by atoms with Gasteiger partial charge in [-0.2, -0.15) is 0 Å². The number of methoxy groups -OCH3 is 4. The summed E-state index contributed by atoms with van der Waals surface area (Å²) < 4.78 is 40.3. The standard InChI is InChI=1S/C31H36O11/c1-36-23-9-16(5-7-21(23)33)28(35)27(13-32)42-31-25(38-3)11-18(12-26(31)39-4)30-20-15-40-29(19(20)14-41-30)17-6-8-22(34)24(10-17)37-2/h5-12,19-20,27-30,32-35H,13-15H2,1-4H3/t19-,20-,27+,28+,29+,30+/m0/s1. The molecule has 3 aromatic carbocycles. The van der Waals surface area contributed by atoms with E-state index in [4.69, 9.17) is 33.2 Å². The van der Waals surface area contributed by atoms with Gasteiger partial charge in [-0.3, -0.25) is 0 Å². The normalized spacial score (nSPS) is 22.7. The first-order valence-corrected chi connectivity index (χ1v) is 13.5. The SMILES string of the molecule is COc1cc([C@@H](O)[C@@H](CO)Oc2c(OC)cc([C@H]3OC[C@H]4[C@@H]3CO[C@@H]4c3ccc(O)c(OC)c3)cc2OC)ccc1O. The fourth-order valence-corrected chi connectivity index (χ4v) is 5.73. The molecule has 0 aliphatic carbocycles. The molecule has 2 aliphatic heterocycles. The third-order valence-electron chi connectivity index (χ3n) is 7.95.